The molecule has 1 atom stereocenters. The Morgan fingerprint density at radius 2 is 1.70 bits per heavy atom. The van der Waals surface area contributed by atoms with Crippen molar-refractivity contribution in [3.63, 3.8) is 0 Å². The van der Waals surface area contributed by atoms with Gasteiger partial charge in [-0.05, 0) is 25.2 Å². The van der Waals surface area contributed by atoms with Crippen LogP contribution in [-0.4, -0.2) is 36.1 Å². The molecule has 1 amide bonds. The Kier molecular flexibility index (Phi) is 8.16. The molecule has 0 aromatic carbocycles. The van der Waals surface area contributed by atoms with E-state index in [1.807, 2.05) is 13.8 Å². The third kappa shape index (κ3) is 6.59. The van der Waals surface area contributed by atoms with E-state index in [1.165, 1.54) is 0 Å². The van der Waals surface area contributed by atoms with Crippen LogP contribution in [0.15, 0.2) is 0 Å². The molecule has 0 aliphatic carbocycles. The Hall–Kier alpha value is -0.780. The fourth-order valence-corrected chi connectivity index (χ4v) is 2.41. The monoisotopic (exact) mass is 296 g/mol. The fraction of sp³-hybridized carbons (Fsp3) is 0.929. The third-order valence-electron chi connectivity index (χ3n) is 3.41. The summed E-state index contributed by atoms with van der Waals surface area (Å²) in [7, 11) is 0. The van der Waals surface area contributed by atoms with Gasteiger partial charge in [-0.25, -0.2) is 0 Å². The fourth-order valence-electron chi connectivity index (χ4n) is 2.41. The van der Waals surface area contributed by atoms with E-state index in [4.69, 9.17) is 5.73 Å². The molecule has 0 aromatic heterocycles. The topological polar surface area (TPSA) is 46.3 Å². The maximum Gasteiger partial charge on any atom is 0.406 e. The highest BCUT2D eigenvalue weighted by Gasteiger charge is 2.37. The van der Waals surface area contributed by atoms with Gasteiger partial charge in [0.1, 0.15) is 6.54 Å². The molecular formula is C14H27F3N2O. The molecule has 0 spiro atoms. The van der Waals surface area contributed by atoms with E-state index in [0.717, 1.165) is 4.90 Å². The van der Waals surface area contributed by atoms with Gasteiger partial charge in [-0.2, -0.15) is 13.2 Å². The van der Waals surface area contributed by atoms with Crippen LogP contribution >= 0.6 is 0 Å². The summed E-state index contributed by atoms with van der Waals surface area (Å²) >= 11 is 0. The van der Waals surface area contributed by atoms with Crippen molar-refractivity contribution in [2.75, 3.05) is 13.1 Å². The van der Waals surface area contributed by atoms with Gasteiger partial charge in [-0.15, -0.1) is 0 Å². The Morgan fingerprint density at radius 3 is 2.00 bits per heavy atom. The SMILES string of the molecule is CCC(CC)N(CC(F)(F)F)C(=O)C(CN)CC(C)C. The van der Waals surface area contributed by atoms with Crippen LogP contribution in [0.5, 0.6) is 0 Å². The molecule has 0 aliphatic rings. The Bertz CT molecular complexity index is 289. The summed E-state index contributed by atoms with van der Waals surface area (Å²) in [5.74, 6) is -0.771. The molecule has 6 heteroatoms. The highest BCUT2D eigenvalue weighted by atomic mass is 19.4. The van der Waals surface area contributed by atoms with E-state index in [1.54, 1.807) is 13.8 Å². The standard InChI is InChI=1S/C14H27F3N2O/c1-5-12(6-2)19(9-14(15,16)17)13(20)11(8-18)7-10(3)4/h10-12H,5-9,18H2,1-4H3. The Morgan fingerprint density at radius 1 is 1.20 bits per heavy atom. The minimum Gasteiger partial charge on any atom is -0.330 e. The van der Waals surface area contributed by atoms with Crippen LogP contribution in [0.25, 0.3) is 0 Å². The highest BCUT2D eigenvalue weighted by molar-refractivity contribution is 5.79. The molecule has 2 N–H and O–H groups in total. The second kappa shape index (κ2) is 8.49. The Labute approximate surface area is 119 Å². The summed E-state index contributed by atoms with van der Waals surface area (Å²) in [6, 6.07) is -0.384. The molecule has 0 bridgehead atoms. The molecule has 0 fully saturated rings. The smallest absolute Gasteiger partial charge is 0.330 e. The largest absolute Gasteiger partial charge is 0.406 e. The average Bonchev–Trinajstić information content (AvgIpc) is 2.33. The van der Waals surface area contributed by atoms with Gasteiger partial charge >= 0.3 is 6.18 Å². The molecule has 0 aliphatic heterocycles. The van der Waals surface area contributed by atoms with Crippen LogP contribution in [0.4, 0.5) is 13.2 Å². The second-order valence-electron chi connectivity index (χ2n) is 5.61. The van der Waals surface area contributed by atoms with E-state index in [9.17, 15) is 18.0 Å². The molecule has 20 heavy (non-hydrogen) atoms. The summed E-state index contributed by atoms with van der Waals surface area (Å²) < 4.78 is 38.1. The van der Waals surface area contributed by atoms with E-state index in [0.29, 0.717) is 19.3 Å². The van der Waals surface area contributed by atoms with Crippen molar-refractivity contribution in [1.82, 2.24) is 4.90 Å². The average molecular weight is 296 g/mol. The van der Waals surface area contributed by atoms with Gasteiger partial charge in [0.2, 0.25) is 5.91 Å². The van der Waals surface area contributed by atoms with E-state index in [-0.39, 0.29) is 18.5 Å². The number of alkyl halides is 3. The zero-order chi connectivity index (χ0) is 15.9. The molecule has 0 aromatic rings. The number of amides is 1. The molecular weight excluding hydrogens is 269 g/mol. The zero-order valence-electron chi connectivity index (χ0n) is 12.8. The van der Waals surface area contributed by atoms with Crippen LogP contribution in [0.1, 0.15) is 47.0 Å². The van der Waals surface area contributed by atoms with Crippen molar-refractivity contribution in [2.45, 2.75) is 59.2 Å². The van der Waals surface area contributed by atoms with Gasteiger partial charge in [0.25, 0.3) is 0 Å². The van der Waals surface area contributed by atoms with Gasteiger partial charge in [-0.3, -0.25) is 4.79 Å². The number of hydrogen-bond acceptors (Lipinski definition) is 2. The van der Waals surface area contributed by atoms with Gasteiger partial charge in [0, 0.05) is 12.6 Å². The van der Waals surface area contributed by atoms with Crippen molar-refractivity contribution in [3.8, 4) is 0 Å². The molecule has 0 saturated carbocycles. The lowest BCUT2D eigenvalue weighted by Gasteiger charge is -2.34. The molecule has 0 radical (unpaired) electrons. The zero-order valence-corrected chi connectivity index (χ0v) is 12.8. The van der Waals surface area contributed by atoms with Crippen molar-refractivity contribution in [2.24, 2.45) is 17.6 Å². The number of carbonyl (C=O) groups excluding carboxylic acids is 1. The first-order chi connectivity index (χ1) is 9.16. The number of halogens is 3. The second-order valence-corrected chi connectivity index (χ2v) is 5.61. The van der Waals surface area contributed by atoms with Gasteiger partial charge < -0.3 is 10.6 Å². The van der Waals surface area contributed by atoms with Gasteiger partial charge in [0.05, 0.1) is 5.92 Å². The normalized spacial score (nSPS) is 13.9. The van der Waals surface area contributed by atoms with Crippen molar-refractivity contribution in [1.29, 1.82) is 0 Å². The van der Waals surface area contributed by atoms with Crippen LogP contribution in [0.2, 0.25) is 0 Å². The van der Waals surface area contributed by atoms with Crippen LogP contribution in [-0.2, 0) is 4.79 Å². The summed E-state index contributed by atoms with van der Waals surface area (Å²) in [6.45, 7) is 6.36. The lowest BCUT2D eigenvalue weighted by atomic mass is 9.94. The van der Waals surface area contributed by atoms with Crippen LogP contribution in [0.3, 0.4) is 0 Å². The van der Waals surface area contributed by atoms with Crippen LogP contribution < -0.4 is 5.73 Å². The predicted molar refractivity (Wildman–Crippen MR) is 74.1 cm³/mol. The van der Waals surface area contributed by atoms with E-state index in [2.05, 4.69) is 0 Å². The molecule has 120 valence electrons. The van der Waals surface area contributed by atoms with Gasteiger partial charge in [0.15, 0.2) is 0 Å². The predicted octanol–water partition coefficient (Wildman–Crippen LogP) is 3.19. The van der Waals surface area contributed by atoms with Gasteiger partial charge in [-0.1, -0.05) is 27.7 Å². The van der Waals surface area contributed by atoms with Crippen LogP contribution in [0, 0.1) is 11.8 Å². The van der Waals surface area contributed by atoms with Crippen molar-refractivity contribution < 1.29 is 18.0 Å². The van der Waals surface area contributed by atoms with E-state index < -0.39 is 24.5 Å². The maximum atomic E-state index is 12.7. The third-order valence-corrected chi connectivity index (χ3v) is 3.41. The summed E-state index contributed by atoms with van der Waals surface area (Å²) in [5.41, 5.74) is 5.58. The summed E-state index contributed by atoms with van der Waals surface area (Å²) in [4.78, 5) is 13.4. The quantitative estimate of drug-likeness (QED) is 0.747. The number of carbonyl (C=O) groups is 1. The first-order valence-electron chi connectivity index (χ1n) is 7.23. The molecule has 0 rings (SSSR count). The van der Waals surface area contributed by atoms with Crippen molar-refractivity contribution in [3.05, 3.63) is 0 Å². The van der Waals surface area contributed by atoms with E-state index >= 15 is 0 Å². The number of hydrogen-bond donors (Lipinski definition) is 1. The minimum atomic E-state index is -4.38. The first-order valence-corrected chi connectivity index (χ1v) is 7.23. The number of nitrogens with two attached hydrogens (primary N) is 1. The lowest BCUT2D eigenvalue weighted by Crippen LogP contribution is -2.49. The summed E-state index contributed by atoms with van der Waals surface area (Å²) in [6.07, 6.45) is -2.84. The lowest BCUT2D eigenvalue weighted by molar-refractivity contribution is -0.168. The first kappa shape index (κ1) is 19.2. The molecule has 0 heterocycles. The number of rotatable bonds is 8. The summed E-state index contributed by atoms with van der Waals surface area (Å²) in [5, 5.41) is 0. The maximum absolute atomic E-state index is 12.7. The minimum absolute atomic E-state index is 0.0888. The number of nitrogens with zero attached hydrogens (tertiary/aromatic N) is 1. The molecule has 3 nitrogen and oxygen atoms in total. The van der Waals surface area contributed by atoms with Crippen molar-refractivity contribution >= 4 is 5.91 Å². The highest BCUT2D eigenvalue weighted by Crippen LogP contribution is 2.24. The molecule has 0 saturated heterocycles. The Balaban J connectivity index is 5.12. The molecule has 1 unspecified atom stereocenters.